The zero-order chi connectivity index (χ0) is 31.4. The molecule has 0 bridgehead atoms. The first kappa shape index (κ1) is 33.9. The van der Waals surface area contributed by atoms with Gasteiger partial charge in [-0.1, -0.05) is 73.1 Å². The van der Waals surface area contributed by atoms with Gasteiger partial charge in [0.2, 0.25) is 21.8 Å². The number of hydrogen-bond acceptors (Lipinski definition) is 5. The highest BCUT2D eigenvalue weighted by atomic mass is 35.5. The van der Waals surface area contributed by atoms with Gasteiger partial charge >= 0.3 is 0 Å². The van der Waals surface area contributed by atoms with E-state index in [1.165, 1.54) is 4.31 Å². The lowest BCUT2D eigenvalue weighted by molar-refractivity contribution is -0.141. The first-order valence-corrected chi connectivity index (χ1v) is 16.8. The van der Waals surface area contributed by atoms with Crippen LogP contribution >= 0.6 is 11.6 Å². The van der Waals surface area contributed by atoms with Gasteiger partial charge in [0.1, 0.15) is 11.8 Å². The van der Waals surface area contributed by atoms with E-state index in [1.807, 2.05) is 63.2 Å². The van der Waals surface area contributed by atoms with Crippen molar-refractivity contribution in [2.45, 2.75) is 65.1 Å². The molecule has 0 spiro atoms. The molecule has 10 heteroatoms. The topological polar surface area (TPSA) is 96.0 Å². The highest BCUT2D eigenvalue weighted by molar-refractivity contribution is 7.92. The SMILES string of the molecule is CCOc1ccccc1N(CCCC(=O)N(Cc1cccc(Cl)c1)C(Cc1ccccc1)C(=O)NC(C)CC)S(C)(=O)=O. The fraction of sp³-hybridized carbons (Fsp3) is 0.394. The summed E-state index contributed by atoms with van der Waals surface area (Å²) >= 11 is 6.27. The molecule has 43 heavy (non-hydrogen) atoms. The maximum absolute atomic E-state index is 14.0. The van der Waals surface area contributed by atoms with Crippen LogP contribution in [0.15, 0.2) is 78.9 Å². The van der Waals surface area contributed by atoms with Crippen LogP contribution in [0.2, 0.25) is 5.02 Å². The summed E-state index contributed by atoms with van der Waals surface area (Å²) in [5, 5.41) is 3.59. The number of halogens is 1. The lowest BCUT2D eigenvalue weighted by atomic mass is 10.0. The maximum atomic E-state index is 14.0. The van der Waals surface area contributed by atoms with E-state index in [4.69, 9.17) is 16.3 Å². The Balaban J connectivity index is 1.91. The molecule has 232 valence electrons. The normalized spacial score (nSPS) is 12.7. The first-order valence-electron chi connectivity index (χ1n) is 14.6. The Bertz CT molecular complexity index is 1450. The van der Waals surface area contributed by atoms with Crippen molar-refractivity contribution < 1.29 is 22.7 Å². The minimum Gasteiger partial charge on any atom is -0.492 e. The molecule has 3 rings (SSSR count). The van der Waals surface area contributed by atoms with Crippen LogP contribution in [-0.2, 0) is 32.6 Å². The standard InChI is InChI=1S/C33H42ClN3O5S/c1-5-25(3)35-33(39)30(23-26-14-8-7-9-15-26)36(24-27-16-12-17-28(34)22-27)32(38)20-13-21-37(43(4,40)41)29-18-10-11-19-31(29)42-6-2/h7-12,14-19,22,25,30H,5-6,13,20-21,23-24H2,1-4H3,(H,35,39). The fourth-order valence-corrected chi connectivity index (χ4v) is 5.93. The average Bonchev–Trinajstić information content (AvgIpc) is 2.97. The Kier molecular flexibility index (Phi) is 12.9. The lowest BCUT2D eigenvalue weighted by Gasteiger charge is -2.33. The molecule has 0 saturated carbocycles. The second-order valence-electron chi connectivity index (χ2n) is 10.5. The third-order valence-corrected chi connectivity index (χ3v) is 8.52. The summed E-state index contributed by atoms with van der Waals surface area (Å²) in [5.41, 5.74) is 2.13. The van der Waals surface area contributed by atoms with Crippen LogP contribution in [0.25, 0.3) is 0 Å². The number of sulfonamides is 1. The summed E-state index contributed by atoms with van der Waals surface area (Å²) in [6.45, 7) is 6.38. The number of nitrogens with zero attached hydrogens (tertiary/aromatic N) is 2. The average molecular weight is 628 g/mol. The largest absolute Gasteiger partial charge is 0.492 e. The van der Waals surface area contributed by atoms with E-state index in [9.17, 15) is 18.0 Å². The molecule has 0 aliphatic heterocycles. The van der Waals surface area contributed by atoms with Gasteiger partial charge in [-0.2, -0.15) is 0 Å². The number of benzene rings is 3. The molecular weight excluding hydrogens is 586 g/mol. The van der Waals surface area contributed by atoms with E-state index in [-0.39, 0.29) is 43.8 Å². The molecule has 0 fully saturated rings. The molecule has 1 N–H and O–H groups in total. The van der Waals surface area contributed by atoms with Crippen molar-refractivity contribution in [1.29, 1.82) is 0 Å². The van der Waals surface area contributed by atoms with Crippen molar-refractivity contribution in [3.8, 4) is 5.75 Å². The number of hydrogen-bond donors (Lipinski definition) is 1. The van der Waals surface area contributed by atoms with Gasteiger partial charge < -0.3 is 15.0 Å². The third-order valence-electron chi connectivity index (χ3n) is 7.10. The number of ether oxygens (including phenoxy) is 1. The quantitative estimate of drug-likeness (QED) is 0.215. The highest BCUT2D eigenvalue weighted by Gasteiger charge is 2.31. The van der Waals surface area contributed by atoms with Gasteiger partial charge in [0.15, 0.2) is 0 Å². The maximum Gasteiger partial charge on any atom is 0.243 e. The number of anilines is 1. The number of carbonyl (C=O) groups is 2. The first-order chi connectivity index (χ1) is 20.5. The van der Waals surface area contributed by atoms with Crippen molar-refractivity contribution in [3.63, 3.8) is 0 Å². The van der Waals surface area contributed by atoms with Gasteiger partial charge in [-0.25, -0.2) is 8.42 Å². The fourth-order valence-electron chi connectivity index (χ4n) is 4.75. The van der Waals surface area contributed by atoms with Crippen LogP contribution in [0.1, 0.15) is 51.2 Å². The second-order valence-corrected chi connectivity index (χ2v) is 12.9. The van der Waals surface area contributed by atoms with E-state index < -0.39 is 16.1 Å². The van der Waals surface area contributed by atoms with Crippen molar-refractivity contribution in [2.75, 3.05) is 23.7 Å². The van der Waals surface area contributed by atoms with Crippen molar-refractivity contribution in [3.05, 3.63) is 95.0 Å². The van der Waals surface area contributed by atoms with Crippen LogP contribution in [0.4, 0.5) is 5.69 Å². The van der Waals surface area contributed by atoms with E-state index in [2.05, 4.69) is 5.32 Å². The minimum atomic E-state index is -3.67. The number of carbonyl (C=O) groups excluding carboxylic acids is 2. The molecule has 3 aromatic rings. The van der Waals surface area contributed by atoms with Gasteiger partial charge in [0.05, 0.1) is 18.6 Å². The van der Waals surface area contributed by atoms with Gasteiger partial charge in [0.25, 0.3) is 0 Å². The molecule has 0 aromatic heterocycles. The molecule has 0 heterocycles. The summed E-state index contributed by atoms with van der Waals surface area (Å²) < 4.78 is 32.6. The number of amides is 2. The minimum absolute atomic E-state index is 0.0330. The molecule has 0 saturated heterocycles. The van der Waals surface area contributed by atoms with Gasteiger partial charge in [-0.05, 0) is 62.1 Å². The molecule has 2 atom stereocenters. The molecule has 0 aliphatic carbocycles. The Hall–Kier alpha value is -3.56. The van der Waals surface area contributed by atoms with Crippen LogP contribution in [0.3, 0.4) is 0 Å². The van der Waals surface area contributed by atoms with E-state index in [0.717, 1.165) is 23.8 Å². The van der Waals surface area contributed by atoms with Crippen LogP contribution in [0, 0.1) is 0 Å². The lowest BCUT2D eigenvalue weighted by Crippen LogP contribution is -2.52. The monoisotopic (exact) mass is 627 g/mol. The summed E-state index contributed by atoms with van der Waals surface area (Å²) in [4.78, 5) is 29.3. The zero-order valence-electron chi connectivity index (χ0n) is 25.3. The van der Waals surface area contributed by atoms with Crippen molar-refractivity contribution >= 4 is 39.1 Å². The third kappa shape index (κ3) is 10.3. The summed E-state index contributed by atoms with van der Waals surface area (Å²) in [7, 11) is -3.67. The predicted octanol–water partition coefficient (Wildman–Crippen LogP) is 5.84. The van der Waals surface area contributed by atoms with Crippen LogP contribution < -0.4 is 14.4 Å². The number of para-hydroxylation sites is 2. The summed E-state index contributed by atoms with van der Waals surface area (Å²) in [5.74, 6) is -0.0438. The molecule has 3 aromatic carbocycles. The number of nitrogens with one attached hydrogen (secondary N) is 1. The van der Waals surface area contributed by atoms with E-state index in [1.54, 1.807) is 41.3 Å². The van der Waals surface area contributed by atoms with Gasteiger partial charge in [0, 0.05) is 37.0 Å². The summed E-state index contributed by atoms with van der Waals surface area (Å²) in [6, 6.07) is 22.9. The molecule has 0 aliphatic rings. The van der Waals surface area contributed by atoms with Crippen molar-refractivity contribution in [1.82, 2.24) is 10.2 Å². The van der Waals surface area contributed by atoms with Crippen LogP contribution in [0.5, 0.6) is 5.75 Å². The van der Waals surface area contributed by atoms with Gasteiger partial charge in [-0.15, -0.1) is 0 Å². The second kappa shape index (κ2) is 16.3. The van der Waals surface area contributed by atoms with E-state index in [0.29, 0.717) is 29.5 Å². The Morgan fingerprint density at radius 3 is 2.28 bits per heavy atom. The summed E-state index contributed by atoms with van der Waals surface area (Å²) in [6.07, 6.45) is 2.48. The molecular formula is C33H42ClN3O5S. The van der Waals surface area contributed by atoms with Gasteiger partial charge in [-0.3, -0.25) is 13.9 Å². The Morgan fingerprint density at radius 2 is 1.63 bits per heavy atom. The predicted molar refractivity (Wildman–Crippen MR) is 173 cm³/mol. The molecule has 2 unspecified atom stereocenters. The Morgan fingerprint density at radius 1 is 0.953 bits per heavy atom. The van der Waals surface area contributed by atoms with Crippen LogP contribution in [-0.4, -0.2) is 56.6 Å². The molecule has 8 nitrogen and oxygen atoms in total. The molecule has 2 amide bonds. The Labute approximate surface area is 261 Å². The molecule has 0 radical (unpaired) electrons. The smallest absolute Gasteiger partial charge is 0.243 e. The zero-order valence-corrected chi connectivity index (χ0v) is 26.9. The highest BCUT2D eigenvalue weighted by Crippen LogP contribution is 2.30. The van der Waals surface area contributed by atoms with Crippen molar-refractivity contribution in [2.24, 2.45) is 0 Å². The number of rotatable bonds is 16. The van der Waals surface area contributed by atoms with E-state index >= 15 is 0 Å².